The van der Waals surface area contributed by atoms with Gasteiger partial charge in [-0.15, -0.1) is 22.7 Å². The predicted molar refractivity (Wildman–Crippen MR) is 112 cm³/mol. The summed E-state index contributed by atoms with van der Waals surface area (Å²) >= 11 is 3.14. The van der Waals surface area contributed by atoms with Crippen molar-refractivity contribution in [1.29, 1.82) is 0 Å². The molecule has 0 saturated heterocycles. The second-order valence-corrected chi connectivity index (χ2v) is 8.01. The van der Waals surface area contributed by atoms with Gasteiger partial charge in [0.25, 0.3) is 5.56 Å². The molecular formula is C20H19N3O2S2. The maximum atomic E-state index is 12.7. The van der Waals surface area contributed by atoms with Crippen LogP contribution in [0.4, 0.5) is 0 Å². The minimum atomic E-state index is -0.0854. The lowest BCUT2D eigenvalue weighted by atomic mass is 10.2. The molecule has 4 rings (SSSR count). The van der Waals surface area contributed by atoms with Gasteiger partial charge in [-0.05, 0) is 36.1 Å². The van der Waals surface area contributed by atoms with Crippen molar-refractivity contribution in [3.05, 3.63) is 68.9 Å². The van der Waals surface area contributed by atoms with Crippen LogP contribution in [-0.2, 0) is 6.54 Å². The molecule has 0 saturated carbocycles. The fourth-order valence-corrected chi connectivity index (χ4v) is 4.66. The van der Waals surface area contributed by atoms with Crippen LogP contribution in [0.2, 0.25) is 0 Å². The summed E-state index contributed by atoms with van der Waals surface area (Å²) in [5.41, 5.74) is 2.02. The standard InChI is InChI=1S/C20H19N3O2S2/c1-12(21-10-13-5-7-14(25-2)8-6-13)18-22-19(24)17-15(11-27-20(17)23-18)16-4-3-9-26-16/h3-9,11-12,21H,10H2,1-2H3,(H,22,23,24)/t12-/m1/s1. The maximum absolute atomic E-state index is 12.7. The minimum Gasteiger partial charge on any atom is -0.497 e. The Labute approximate surface area is 164 Å². The summed E-state index contributed by atoms with van der Waals surface area (Å²) in [4.78, 5) is 22.2. The third-order valence-corrected chi connectivity index (χ3v) is 6.21. The Balaban J connectivity index is 1.55. The highest BCUT2D eigenvalue weighted by Gasteiger charge is 2.16. The number of methoxy groups -OCH3 is 1. The quantitative estimate of drug-likeness (QED) is 0.500. The van der Waals surface area contributed by atoms with Gasteiger partial charge in [0.05, 0.1) is 18.5 Å². The summed E-state index contributed by atoms with van der Waals surface area (Å²) in [6.07, 6.45) is 0. The number of hydrogen-bond acceptors (Lipinski definition) is 6. The first-order chi connectivity index (χ1) is 13.2. The first kappa shape index (κ1) is 17.9. The Morgan fingerprint density at radius 3 is 2.74 bits per heavy atom. The van der Waals surface area contributed by atoms with Crippen molar-refractivity contribution in [3.8, 4) is 16.2 Å². The van der Waals surface area contributed by atoms with Crippen LogP contribution >= 0.6 is 22.7 Å². The van der Waals surface area contributed by atoms with Crippen LogP contribution in [0.15, 0.2) is 52.0 Å². The van der Waals surface area contributed by atoms with Crippen LogP contribution in [0.3, 0.4) is 0 Å². The van der Waals surface area contributed by atoms with Gasteiger partial charge >= 0.3 is 0 Å². The molecule has 7 heteroatoms. The number of benzene rings is 1. The number of ether oxygens (including phenoxy) is 1. The molecular weight excluding hydrogens is 378 g/mol. The molecule has 0 fully saturated rings. The lowest BCUT2D eigenvalue weighted by molar-refractivity contribution is 0.414. The summed E-state index contributed by atoms with van der Waals surface area (Å²) in [6, 6.07) is 11.9. The van der Waals surface area contributed by atoms with Gasteiger partial charge in [0.15, 0.2) is 0 Å². The first-order valence-corrected chi connectivity index (χ1v) is 10.3. The Morgan fingerprint density at radius 1 is 1.22 bits per heavy atom. The average molecular weight is 398 g/mol. The molecule has 5 nitrogen and oxygen atoms in total. The predicted octanol–water partition coefficient (Wildman–Crippen LogP) is 4.57. The average Bonchev–Trinajstić information content (AvgIpc) is 3.36. The van der Waals surface area contributed by atoms with E-state index in [-0.39, 0.29) is 11.6 Å². The fourth-order valence-electron chi connectivity index (χ4n) is 2.89. The molecule has 0 bridgehead atoms. The van der Waals surface area contributed by atoms with Crippen molar-refractivity contribution in [2.45, 2.75) is 19.5 Å². The number of H-pyrrole nitrogens is 1. The van der Waals surface area contributed by atoms with E-state index in [2.05, 4.69) is 10.3 Å². The van der Waals surface area contributed by atoms with Crippen LogP contribution in [-0.4, -0.2) is 17.1 Å². The third-order valence-electron chi connectivity index (χ3n) is 4.43. The van der Waals surface area contributed by atoms with Crippen molar-refractivity contribution < 1.29 is 4.74 Å². The van der Waals surface area contributed by atoms with Crippen molar-refractivity contribution in [3.63, 3.8) is 0 Å². The van der Waals surface area contributed by atoms with Crippen LogP contribution < -0.4 is 15.6 Å². The molecule has 3 heterocycles. The van der Waals surface area contributed by atoms with Gasteiger partial charge < -0.3 is 15.0 Å². The Morgan fingerprint density at radius 2 is 2.04 bits per heavy atom. The van der Waals surface area contributed by atoms with Gasteiger partial charge in [-0.25, -0.2) is 4.98 Å². The number of nitrogens with one attached hydrogen (secondary N) is 2. The van der Waals surface area contributed by atoms with E-state index in [0.717, 1.165) is 26.6 Å². The number of thiophene rings is 2. The minimum absolute atomic E-state index is 0.0727. The topological polar surface area (TPSA) is 67.0 Å². The summed E-state index contributed by atoms with van der Waals surface area (Å²) in [5.74, 6) is 1.49. The fraction of sp³-hybridized carbons (Fsp3) is 0.200. The molecule has 0 unspecified atom stereocenters. The Hall–Kier alpha value is -2.48. The summed E-state index contributed by atoms with van der Waals surface area (Å²) in [6.45, 7) is 2.68. The van der Waals surface area contributed by atoms with E-state index in [1.807, 2.05) is 54.1 Å². The highest BCUT2D eigenvalue weighted by atomic mass is 32.1. The molecule has 0 radical (unpaired) electrons. The SMILES string of the molecule is COc1ccc(CN[C@H](C)c2nc3scc(-c4cccs4)c3c(=O)[nH]2)cc1. The van der Waals surface area contributed by atoms with Crippen LogP contribution in [0, 0.1) is 0 Å². The van der Waals surface area contributed by atoms with Gasteiger partial charge in [0, 0.05) is 22.4 Å². The molecule has 4 aromatic rings. The van der Waals surface area contributed by atoms with Crippen molar-refractivity contribution in [2.75, 3.05) is 7.11 Å². The summed E-state index contributed by atoms with van der Waals surface area (Å²) < 4.78 is 5.18. The Kier molecular flexibility index (Phi) is 5.07. The van der Waals surface area contributed by atoms with Crippen LogP contribution in [0.5, 0.6) is 5.75 Å². The molecule has 0 aliphatic rings. The molecule has 3 aromatic heterocycles. The first-order valence-electron chi connectivity index (χ1n) is 8.57. The molecule has 0 aliphatic carbocycles. The van der Waals surface area contributed by atoms with E-state index in [1.165, 1.54) is 11.3 Å². The summed E-state index contributed by atoms with van der Waals surface area (Å²) in [5, 5.41) is 8.11. The molecule has 0 amide bonds. The number of hydrogen-bond donors (Lipinski definition) is 2. The van der Waals surface area contributed by atoms with E-state index in [0.29, 0.717) is 17.8 Å². The van der Waals surface area contributed by atoms with E-state index in [4.69, 9.17) is 9.72 Å². The highest BCUT2D eigenvalue weighted by Crippen LogP contribution is 2.33. The van der Waals surface area contributed by atoms with Crippen molar-refractivity contribution >= 4 is 32.9 Å². The zero-order valence-electron chi connectivity index (χ0n) is 15.0. The number of aromatic nitrogens is 2. The number of rotatable bonds is 6. The van der Waals surface area contributed by atoms with Crippen LogP contribution in [0.25, 0.3) is 20.7 Å². The largest absolute Gasteiger partial charge is 0.497 e. The molecule has 1 atom stereocenters. The monoisotopic (exact) mass is 397 g/mol. The molecule has 1 aromatic carbocycles. The number of fused-ring (bicyclic) bond motifs is 1. The van der Waals surface area contributed by atoms with Gasteiger partial charge in [-0.3, -0.25) is 4.79 Å². The summed E-state index contributed by atoms with van der Waals surface area (Å²) in [7, 11) is 1.65. The zero-order valence-corrected chi connectivity index (χ0v) is 16.6. The molecule has 27 heavy (non-hydrogen) atoms. The lowest BCUT2D eigenvalue weighted by Crippen LogP contribution is -2.23. The van der Waals surface area contributed by atoms with E-state index in [9.17, 15) is 4.79 Å². The molecule has 0 aliphatic heterocycles. The molecule has 2 N–H and O–H groups in total. The Bertz CT molecular complexity index is 1100. The second-order valence-electron chi connectivity index (χ2n) is 6.21. The number of nitrogens with zero attached hydrogens (tertiary/aromatic N) is 1. The van der Waals surface area contributed by atoms with Crippen LogP contribution in [0.1, 0.15) is 24.4 Å². The zero-order chi connectivity index (χ0) is 18.8. The second kappa shape index (κ2) is 7.64. The molecule has 138 valence electrons. The smallest absolute Gasteiger partial charge is 0.260 e. The highest BCUT2D eigenvalue weighted by molar-refractivity contribution is 7.18. The maximum Gasteiger partial charge on any atom is 0.260 e. The van der Waals surface area contributed by atoms with Gasteiger partial charge in [0.1, 0.15) is 16.4 Å². The molecule has 0 spiro atoms. The van der Waals surface area contributed by atoms with E-state index < -0.39 is 0 Å². The normalized spacial score (nSPS) is 12.4. The van der Waals surface area contributed by atoms with Gasteiger partial charge in [-0.2, -0.15) is 0 Å². The third kappa shape index (κ3) is 3.66. The van der Waals surface area contributed by atoms with Gasteiger partial charge in [0.2, 0.25) is 0 Å². The van der Waals surface area contributed by atoms with Crippen molar-refractivity contribution in [2.24, 2.45) is 0 Å². The lowest BCUT2D eigenvalue weighted by Gasteiger charge is -2.13. The number of aromatic amines is 1. The van der Waals surface area contributed by atoms with E-state index in [1.54, 1.807) is 18.4 Å². The van der Waals surface area contributed by atoms with E-state index >= 15 is 0 Å². The van der Waals surface area contributed by atoms with Crippen molar-refractivity contribution in [1.82, 2.24) is 15.3 Å². The van der Waals surface area contributed by atoms with Gasteiger partial charge in [-0.1, -0.05) is 18.2 Å².